The maximum Gasteiger partial charge on any atom is 0.260 e. The Morgan fingerprint density at radius 2 is 1.81 bits per heavy atom. The van der Waals surface area contributed by atoms with Crippen LogP contribution in [0.4, 0.5) is 8.78 Å². The highest BCUT2D eigenvalue weighted by molar-refractivity contribution is 6.30. The van der Waals surface area contributed by atoms with E-state index in [1.54, 1.807) is 12.1 Å². The molecule has 0 bridgehead atoms. The van der Waals surface area contributed by atoms with Crippen molar-refractivity contribution in [1.29, 1.82) is 0 Å². The molecular weight excluding hydrogens is 360 g/mol. The number of hydrogen-bond acceptors (Lipinski definition) is 2. The number of halogens is 3. The van der Waals surface area contributed by atoms with Crippen LogP contribution in [-0.4, -0.2) is 27.3 Å². The number of nitrogens with zero attached hydrogens (tertiary/aromatic N) is 2. The van der Waals surface area contributed by atoms with Gasteiger partial charge in [0.1, 0.15) is 23.0 Å². The standard InChI is InChI=1S/C19H14ClF2N3O/c20-12-6-4-11(5-7-12)18-23-15-8-9-25(10-16(15)24-18)19(26)17-13(21)2-1-3-14(17)22/h1-7H,8-10H2,(H,23,24). The fourth-order valence-electron chi connectivity index (χ4n) is 3.07. The number of amides is 1. The highest BCUT2D eigenvalue weighted by atomic mass is 35.5. The van der Waals surface area contributed by atoms with Crippen LogP contribution in [0.3, 0.4) is 0 Å². The van der Waals surface area contributed by atoms with Crippen molar-refractivity contribution < 1.29 is 13.6 Å². The van der Waals surface area contributed by atoms with Crippen LogP contribution >= 0.6 is 11.6 Å². The fraction of sp³-hybridized carbons (Fsp3) is 0.158. The topological polar surface area (TPSA) is 49.0 Å². The highest BCUT2D eigenvalue weighted by Gasteiger charge is 2.28. The lowest BCUT2D eigenvalue weighted by Crippen LogP contribution is -2.37. The molecule has 0 spiro atoms. The minimum atomic E-state index is -0.854. The number of carbonyl (C=O) groups is 1. The second-order valence-corrected chi connectivity index (χ2v) is 6.53. The molecule has 26 heavy (non-hydrogen) atoms. The van der Waals surface area contributed by atoms with Gasteiger partial charge in [0.2, 0.25) is 0 Å². The van der Waals surface area contributed by atoms with E-state index < -0.39 is 23.1 Å². The van der Waals surface area contributed by atoms with Gasteiger partial charge in [-0.1, -0.05) is 17.7 Å². The Morgan fingerprint density at radius 1 is 1.12 bits per heavy atom. The smallest absolute Gasteiger partial charge is 0.260 e. The summed E-state index contributed by atoms with van der Waals surface area (Å²) in [5, 5.41) is 0.633. The van der Waals surface area contributed by atoms with E-state index in [1.807, 2.05) is 12.1 Å². The van der Waals surface area contributed by atoms with E-state index in [4.69, 9.17) is 11.6 Å². The van der Waals surface area contributed by atoms with E-state index >= 15 is 0 Å². The first-order chi connectivity index (χ1) is 12.5. The molecule has 2 heterocycles. The largest absolute Gasteiger partial charge is 0.340 e. The van der Waals surface area contributed by atoms with E-state index in [-0.39, 0.29) is 6.54 Å². The zero-order chi connectivity index (χ0) is 18.3. The second kappa shape index (κ2) is 6.53. The number of benzene rings is 2. The van der Waals surface area contributed by atoms with Gasteiger partial charge in [-0.15, -0.1) is 0 Å². The number of fused-ring (bicyclic) bond motifs is 1. The lowest BCUT2D eigenvalue weighted by molar-refractivity contribution is 0.0722. The maximum absolute atomic E-state index is 13.9. The summed E-state index contributed by atoms with van der Waals surface area (Å²) >= 11 is 5.90. The Balaban J connectivity index is 1.60. The number of rotatable bonds is 2. The molecule has 1 aliphatic heterocycles. The predicted octanol–water partition coefficient (Wildman–Crippen LogP) is 4.21. The quantitative estimate of drug-likeness (QED) is 0.731. The Hall–Kier alpha value is -2.73. The zero-order valence-corrected chi connectivity index (χ0v) is 14.4. The van der Waals surface area contributed by atoms with Crippen LogP contribution in [0.2, 0.25) is 5.02 Å². The van der Waals surface area contributed by atoms with Gasteiger partial charge in [-0.2, -0.15) is 0 Å². The molecule has 7 heteroatoms. The van der Waals surface area contributed by atoms with Crippen molar-refractivity contribution in [2.45, 2.75) is 13.0 Å². The summed E-state index contributed by atoms with van der Waals surface area (Å²) in [7, 11) is 0. The van der Waals surface area contributed by atoms with Gasteiger partial charge >= 0.3 is 0 Å². The summed E-state index contributed by atoms with van der Waals surface area (Å²) in [6.07, 6.45) is 0.515. The van der Waals surface area contributed by atoms with E-state index in [0.29, 0.717) is 23.8 Å². The van der Waals surface area contributed by atoms with Gasteiger partial charge in [0.05, 0.1) is 17.9 Å². The molecule has 0 radical (unpaired) electrons. The van der Waals surface area contributed by atoms with Gasteiger partial charge in [0, 0.05) is 23.6 Å². The van der Waals surface area contributed by atoms with Gasteiger partial charge in [-0.25, -0.2) is 13.8 Å². The number of hydrogen-bond donors (Lipinski definition) is 1. The Bertz CT molecular complexity index is 965. The summed E-state index contributed by atoms with van der Waals surface area (Å²) in [5.41, 5.74) is 1.98. The summed E-state index contributed by atoms with van der Waals surface area (Å²) < 4.78 is 27.8. The first-order valence-electron chi connectivity index (χ1n) is 8.10. The molecule has 4 nitrogen and oxygen atoms in total. The van der Waals surface area contributed by atoms with Crippen LogP contribution in [-0.2, 0) is 13.0 Å². The molecule has 4 rings (SSSR count). The monoisotopic (exact) mass is 373 g/mol. The molecule has 0 fully saturated rings. The fourth-order valence-corrected chi connectivity index (χ4v) is 3.20. The number of aromatic amines is 1. The van der Waals surface area contributed by atoms with E-state index in [0.717, 1.165) is 29.1 Å². The first kappa shape index (κ1) is 16.7. The van der Waals surface area contributed by atoms with Crippen molar-refractivity contribution in [2.24, 2.45) is 0 Å². The van der Waals surface area contributed by atoms with Gasteiger partial charge in [-0.05, 0) is 36.4 Å². The van der Waals surface area contributed by atoms with Crippen LogP contribution in [0.25, 0.3) is 11.4 Å². The minimum absolute atomic E-state index is 0.225. The van der Waals surface area contributed by atoms with Crippen molar-refractivity contribution in [2.75, 3.05) is 6.54 Å². The second-order valence-electron chi connectivity index (χ2n) is 6.09. The Labute approximate surface area is 153 Å². The van der Waals surface area contributed by atoms with E-state index in [1.165, 1.54) is 11.0 Å². The average Bonchev–Trinajstić information content (AvgIpc) is 3.05. The molecule has 1 aliphatic rings. The summed E-state index contributed by atoms with van der Waals surface area (Å²) in [6, 6.07) is 10.7. The summed E-state index contributed by atoms with van der Waals surface area (Å²) in [6.45, 7) is 0.576. The third-order valence-corrected chi connectivity index (χ3v) is 4.67. The Morgan fingerprint density at radius 3 is 2.50 bits per heavy atom. The van der Waals surface area contributed by atoms with Crippen LogP contribution in [0.5, 0.6) is 0 Å². The molecule has 0 saturated carbocycles. The van der Waals surface area contributed by atoms with Crippen molar-refractivity contribution in [3.05, 3.63) is 76.1 Å². The first-order valence-corrected chi connectivity index (χ1v) is 8.47. The van der Waals surface area contributed by atoms with Crippen molar-refractivity contribution in [3.63, 3.8) is 0 Å². The molecule has 0 atom stereocenters. The SMILES string of the molecule is O=C(c1c(F)cccc1F)N1CCc2nc(-c3ccc(Cl)cc3)[nH]c2C1. The lowest BCUT2D eigenvalue weighted by atomic mass is 10.1. The predicted molar refractivity (Wildman–Crippen MR) is 93.8 cm³/mol. The van der Waals surface area contributed by atoms with Gasteiger partial charge in [0.15, 0.2) is 0 Å². The average molecular weight is 374 g/mol. The highest BCUT2D eigenvalue weighted by Crippen LogP contribution is 2.25. The number of carbonyl (C=O) groups excluding carboxylic acids is 1. The number of nitrogens with one attached hydrogen (secondary N) is 1. The third kappa shape index (κ3) is 2.97. The maximum atomic E-state index is 13.9. The van der Waals surface area contributed by atoms with Crippen molar-refractivity contribution in [3.8, 4) is 11.4 Å². The van der Waals surface area contributed by atoms with Gasteiger partial charge < -0.3 is 9.88 Å². The molecule has 1 aromatic heterocycles. The molecule has 0 saturated heterocycles. The minimum Gasteiger partial charge on any atom is -0.340 e. The van der Waals surface area contributed by atoms with Crippen LogP contribution < -0.4 is 0 Å². The molecule has 0 unspecified atom stereocenters. The summed E-state index contributed by atoms with van der Waals surface area (Å²) in [4.78, 5) is 21.8. The van der Waals surface area contributed by atoms with E-state index in [9.17, 15) is 13.6 Å². The zero-order valence-electron chi connectivity index (χ0n) is 13.6. The molecule has 1 N–H and O–H groups in total. The molecule has 2 aromatic carbocycles. The third-order valence-electron chi connectivity index (χ3n) is 4.41. The molecule has 132 valence electrons. The Kier molecular flexibility index (Phi) is 4.20. The van der Waals surface area contributed by atoms with Crippen LogP contribution in [0.15, 0.2) is 42.5 Å². The number of aromatic nitrogens is 2. The molecule has 0 aliphatic carbocycles. The number of imidazole rings is 1. The molecular formula is C19H14ClF2N3O. The van der Waals surface area contributed by atoms with Gasteiger partial charge in [0.25, 0.3) is 5.91 Å². The van der Waals surface area contributed by atoms with Crippen LogP contribution in [0.1, 0.15) is 21.7 Å². The number of H-pyrrole nitrogens is 1. The van der Waals surface area contributed by atoms with E-state index in [2.05, 4.69) is 9.97 Å². The molecule has 1 amide bonds. The summed E-state index contributed by atoms with van der Waals surface area (Å²) in [5.74, 6) is -1.69. The normalized spacial score (nSPS) is 13.6. The van der Waals surface area contributed by atoms with Crippen molar-refractivity contribution >= 4 is 17.5 Å². The van der Waals surface area contributed by atoms with Crippen LogP contribution in [0, 0.1) is 11.6 Å². The van der Waals surface area contributed by atoms with Gasteiger partial charge in [-0.3, -0.25) is 4.79 Å². The lowest BCUT2D eigenvalue weighted by Gasteiger charge is -2.26. The van der Waals surface area contributed by atoms with Crippen molar-refractivity contribution in [1.82, 2.24) is 14.9 Å². The molecule has 3 aromatic rings.